The number of hydrogen-bond donors (Lipinski definition) is 2. The highest BCUT2D eigenvalue weighted by molar-refractivity contribution is 5.81. The Balaban J connectivity index is 1.43. The fourth-order valence-electron chi connectivity index (χ4n) is 4.22. The zero-order valence-corrected chi connectivity index (χ0v) is 17.6. The Morgan fingerprint density at radius 3 is 2.45 bits per heavy atom. The Kier molecular flexibility index (Phi) is 8.07. The molecule has 2 N–H and O–H groups in total. The van der Waals surface area contributed by atoms with Crippen molar-refractivity contribution in [3.05, 3.63) is 35.4 Å². The fourth-order valence-corrected chi connectivity index (χ4v) is 4.22. The number of nitrogens with zero attached hydrogens (tertiary/aromatic N) is 2. The van der Waals surface area contributed by atoms with Gasteiger partial charge in [-0.1, -0.05) is 31.2 Å². The number of nitrogens with one attached hydrogen (secondary N) is 1. The number of carbonyl (C=O) groups excluding carboxylic acids is 2. The molecule has 2 aliphatic rings. The second kappa shape index (κ2) is 10.7. The quantitative estimate of drug-likeness (QED) is 0.735. The van der Waals surface area contributed by atoms with Gasteiger partial charge in [0.2, 0.25) is 11.8 Å². The predicted octanol–water partition coefficient (Wildman–Crippen LogP) is 2.30. The lowest BCUT2D eigenvalue weighted by molar-refractivity contribution is -0.135. The molecule has 2 aliphatic heterocycles. The van der Waals surface area contributed by atoms with Crippen molar-refractivity contribution in [2.45, 2.75) is 64.6 Å². The van der Waals surface area contributed by atoms with Crippen molar-refractivity contribution in [1.82, 2.24) is 15.1 Å². The minimum absolute atomic E-state index is 0.0509. The third-order valence-corrected chi connectivity index (χ3v) is 6.06. The second-order valence-electron chi connectivity index (χ2n) is 8.47. The SMILES string of the molecule is CCCC(=O)N1CCCC(C(=O)NCc2ccc(CN3CCC(O)CC3)cc2)C1. The molecule has 2 heterocycles. The topological polar surface area (TPSA) is 72.9 Å². The Morgan fingerprint density at radius 2 is 1.76 bits per heavy atom. The molecule has 1 atom stereocenters. The van der Waals surface area contributed by atoms with Gasteiger partial charge in [-0.15, -0.1) is 0 Å². The predicted molar refractivity (Wildman–Crippen MR) is 113 cm³/mol. The standard InChI is InChI=1S/C23H35N3O3/c1-2-4-22(28)26-12-3-5-20(17-26)23(29)24-15-18-6-8-19(9-7-18)16-25-13-10-21(27)11-14-25/h6-9,20-21,27H,2-5,10-17H2,1H3,(H,24,29). The summed E-state index contributed by atoms with van der Waals surface area (Å²) in [7, 11) is 0. The lowest BCUT2D eigenvalue weighted by Crippen LogP contribution is -2.45. The molecule has 0 aliphatic carbocycles. The summed E-state index contributed by atoms with van der Waals surface area (Å²) in [6.07, 6.45) is 4.74. The number of aliphatic hydroxyl groups excluding tert-OH is 1. The Bertz CT molecular complexity index is 668. The molecule has 1 aromatic rings. The van der Waals surface area contributed by atoms with E-state index in [0.717, 1.165) is 63.8 Å². The van der Waals surface area contributed by atoms with E-state index < -0.39 is 0 Å². The van der Waals surface area contributed by atoms with Crippen molar-refractivity contribution in [3.63, 3.8) is 0 Å². The Morgan fingerprint density at radius 1 is 1.07 bits per heavy atom. The monoisotopic (exact) mass is 401 g/mol. The van der Waals surface area contributed by atoms with E-state index >= 15 is 0 Å². The minimum atomic E-state index is -0.141. The molecule has 2 fully saturated rings. The summed E-state index contributed by atoms with van der Waals surface area (Å²) in [4.78, 5) is 28.9. The van der Waals surface area contributed by atoms with Crippen molar-refractivity contribution in [1.29, 1.82) is 0 Å². The van der Waals surface area contributed by atoms with Crippen LogP contribution in [0.25, 0.3) is 0 Å². The maximum Gasteiger partial charge on any atom is 0.225 e. The van der Waals surface area contributed by atoms with Gasteiger partial charge in [0.05, 0.1) is 12.0 Å². The number of rotatable bonds is 7. The van der Waals surface area contributed by atoms with Crippen LogP contribution in [0.3, 0.4) is 0 Å². The van der Waals surface area contributed by atoms with Crippen LogP contribution in [0, 0.1) is 5.92 Å². The van der Waals surface area contributed by atoms with E-state index in [1.54, 1.807) is 0 Å². The summed E-state index contributed by atoms with van der Waals surface area (Å²) in [5.74, 6) is 0.122. The van der Waals surface area contributed by atoms with Crippen molar-refractivity contribution in [3.8, 4) is 0 Å². The minimum Gasteiger partial charge on any atom is -0.393 e. The summed E-state index contributed by atoms with van der Waals surface area (Å²) in [5.41, 5.74) is 2.35. The average Bonchev–Trinajstić information content (AvgIpc) is 2.75. The largest absolute Gasteiger partial charge is 0.393 e. The number of likely N-dealkylation sites (tertiary alicyclic amines) is 2. The van der Waals surface area contributed by atoms with Crippen molar-refractivity contribution >= 4 is 11.8 Å². The number of carbonyl (C=O) groups is 2. The number of aliphatic hydroxyl groups is 1. The van der Waals surface area contributed by atoms with Crippen molar-refractivity contribution < 1.29 is 14.7 Å². The summed E-state index contributed by atoms with van der Waals surface area (Å²) >= 11 is 0. The first-order chi connectivity index (χ1) is 14.0. The molecule has 0 radical (unpaired) electrons. The molecule has 1 unspecified atom stereocenters. The smallest absolute Gasteiger partial charge is 0.225 e. The van der Waals surface area contributed by atoms with Crippen LogP contribution in [0.1, 0.15) is 56.6 Å². The third-order valence-electron chi connectivity index (χ3n) is 6.06. The van der Waals surface area contributed by atoms with Gasteiger partial charge < -0.3 is 15.3 Å². The van der Waals surface area contributed by atoms with Gasteiger partial charge in [-0.2, -0.15) is 0 Å². The van der Waals surface area contributed by atoms with Crippen LogP contribution in [-0.2, 0) is 22.7 Å². The van der Waals surface area contributed by atoms with E-state index in [-0.39, 0.29) is 23.8 Å². The van der Waals surface area contributed by atoms with Crippen molar-refractivity contribution in [2.24, 2.45) is 5.92 Å². The normalized spacial score (nSPS) is 21.2. The first kappa shape index (κ1) is 21.8. The third kappa shape index (κ3) is 6.54. The van der Waals surface area contributed by atoms with E-state index in [9.17, 15) is 14.7 Å². The number of benzene rings is 1. The van der Waals surface area contributed by atoms with Crippen molar-refractivity contribution in [2.75, 3.05) is 26.2 Å². The molecule has 1 aromatic carbocycles. The number of amides is 2. The molecule has 0 saturated carbocycles. The molecule has 2 saturated heterocycles. The van der Waals surface area contributed by atoms with Gasteiger partial charge in [0, 0.05) is 45.7 Å². The number of piperidine rings is 2. The molecular formula is C23H35N3O3. The summed E-state index contributed by atoms with van der Waals surface area (Å²) < 4.78 is 0. The van der Waals surface area contributed by atoms with E-state index in [4.69, 9.17) is 0 Å². The molecule has 0 bridgehead atoms. The van der Waals surface area contributed by atoms with E-state index in [1.165, 1.54) is 5.56 Å². The lowest BCUT2D eigenvalue weighted by Gasteiger charge is -2.32. The number of hydrogen-bond acceptors (Lipinski definition) is 4. The first-order valence-electron chi connectivity index (χ1n) is 11.1. The second-order valence-corrected chi connectivity index (χ2v) is 8.47. The molecule has 3 rings (SSSR count). The highest BCUT2D eigenvalue weighted by Gasteiger charge is 2.27. The molecule has 160 valence electrons. The summed E-state index contributed by atoms with van der Waals surface area (Å²) in [5, 5.41) is 12.7. The first-order valence-corrected chi connectivity index (χ1v) is 11.1. The maximum atomic E-state index is 12.6. The van der Waals surface area contributed by atoms with Crippen LogP contribution >= 0.6 is 0 Å². The van der Waals surface area contributed by atoms with Crippen LogP contribution in [0.2, 0.25) is 0 Å². The van der Waals surface area contributed by atoms with E-state index in [1.807, 2.05) is 11.8 Å². The van der Waals surface area contributed by atoms with E-state index in [0.29, 0.717) is 19.5 Å². The highest BCUT2D eigenvalue weighted by atomic mass is 16.3. The van der Waals surface area contributed by atoms with Gasteiger partial charge in [0.1, 0.15) is 0 Å². The van der Waals surface area contributed by atoms with Gasteiger partial charge in [0.15, 0.2) is 0 Å². The molecule has 6 nitrogen and oxygen atoms in total. The van der Waals surface area contributed by atoms with Crippen LogP contribution in [0.5, 0.6) is 0 Å². The van der Waals surface area contributed by atoms with Crippen LogP contribution in [-0.4, -0.2) is 59.0 Å². The molecule has 6 heteroatoms. The molecule has 0 aromatic heterocycles. The van der Waals surface area contributed by atoms with Gasteiger partial charge in [-0.05, 0) is 43.2 Å². The van der Waals surface area contributed by atoms with Gasteiger partial charge in [-0.3, -0.25) is 14.5 Å². The van der Waals surface area contributed by atoms with Gasteiger partial charge in [-0.25, -0.2) is 0 Å². The lowest BCUT2D eigenvalue weighted by atomic mass is 9.96. The summed E-state index contributed by atoms with van der Waals surface area (Å²) in [6.45, 7) is 6.65. The molecular weight excluding hydrogens is 366 g/mol. The van der Waals surface area contributed by atoms with Crippen LogP contribution < -0.4 is 5.32 Å². The average molecular weight is 402 g/mol. The van der Waals surface area contributed by atoms with Gasteiger partial charge in [0.25, 0.3) is 0 Å². The van der Waals surface area contributed by atoms with E-state index in [2.05, 4.69) is 34.5 Å². The zero-order chi connectivity index (χ0) is 20.6. The molecule has 2 amide bonds. The van der Waals surface area contributed by atoms with Gasteiger partial charge >= 0.3 is 0 Å². The van der Waals surface area contributed by atoms with Crippen LogP contribution in [0.15, 0.2) is 24.3 Å². The summed E-state index contributed by atoms with van der Waals surface area (Å²) in [6, 6.07) is 8.40. The Hall–Kier alpha value is -1.92. The maximum absolute atomic E-state index is 12.6. The Labute approximate surface area is 174 Å². The zero-order valence-electron chi connectivity index (χ0n) is 17.6. The fraction of sp³-hybridized carbons (Fsp3) is 0.652. The molecule has 0 spiro atoms. The highest BCUT2D eigenvalue weighted by Crippen LogP contribution is 2.18. The van der Waals surface area contributed by atoms with Crippen LogP contribution in [0.4, 0.5) is 0 Å². The molecule has 29 heavy (non-hydrogen) atoms.